The first-order valence-corrected chi connectivity index (χ1v) is 9.82. The van der Waals surface area contributed by atoms with Crippen LogP contribution in [0.4, 0.5) is 4.39 Å². The first-order chi connectivity index (χ1) is 13.2. The highest BCUT2D eigenvalue weighted by Gasteiger charge is 2.26. The van der Waals surface area contributed by atoms with E-state index in [4.69, 9.17) is 0 Å². The smallest absolute Gasteiger partial charge is 0.293 e. The molecule has 27 heavy (non-hydrogen) atoms. The molecule has 0 aliphatic carbocycles. The summed E-state index contributed by atoms with van der Waals surface area (Å²) in [6.07, 6.45) is 0. The Balaban J connectivity index is 1.67. The molecule has 1 saturated heterocycles. The first kappa shape index (κ1) is 17.8. The van der Waals surface area contributed by atoms with Gasteiger partial charge in [-0.15, -0.1) is 16.4 Å². The quantitative estimate of drug-likeness (QED) is 0.693. The number of carbonyl (C=O) groups is 1. The zero-order valence-electron chi connectivity index (χ0n) is 15.0. The highest BCUT2D eigenvalue weighted by Crippen LogP contribution is 2.26. The van der Waals surface area contributed by atoms with Gasteiger partial charge in [-0.2, -0.15) is 0 Å². The van der Waals surface area contributed by atoms with Gasteiger partial charge in [-0.3, -0.25) is 4.79 Å². The maximum absolute atomic E-state index is 13.3. The van der Waals surface area contributed by atoms with Crippen molar-refractivity contribution in [3.05, 3.63) is 53.4 Å². The highest BCUT2D eigenvalue weighted by atomic mass is 32.1. The van der Waals surface area contributed by atoms with Crippen LogP contribution < -0.4 is 0 Å². The van der Waals surface area contributed by atoms with Crippen LogP contribution in [-0.2, 0) is 0 Å². The zero-order chi connectivity index (χ0) is 18.8. The van der Waals surface area contributed by atoms with Gasteiger partial charge >= 0.3 is 0 Å². The predicted octanol–water partition coefficient (Wildman–Crippen LogP) is 2.91. The molecule has 3 aromatic rings. The summed E-state index contributed by atoms with van der Waals surface area (Å²) >= 11 is 1.52. The van der Waals surface area contributed by atoms with Crippen molar-refractivity contribution in [1.29, 1.82) is 0 Å². The number of aromatic nitrogens is 3. The lowest BCUT2D eigenvalue weighted by molar-refractivity contribution is 0.0631. The molecule has 1 amide bonds. The fourth-order valence-electron chi connectivity index (χ4n) is 3.14. The van der Waals surface area contributed by atoms with Gasteiger partial charge in [-0.1, -0.05) is 13.0 Å². The highest BCUT2D eigenvalue weighted by molar-refractivity contribution is 7.13. The Morgan fingerprint density at radius 2 is 1.89 bits per heavy atom. The minimum atomic E-state index is -0.318. The average molecular weight is 385 g/mol. The Bertz CT molecular complexity index is 914. The Hall–Kier alpha value is -2.58. The molecule has 0 spiro atoms. The number of halogens is 1. The van der Waals surface area contributed by atoms with Gasteiger partial charge in [0.15, 0.2) is 5.82 Å². The van der Waals surface area contributed by atoms with Crippen LogP contribution in [0.15, 0.2) is 41.8 Å². The zero-order valence-corrected chi connectivity index (χ0v) is 15.8. The number of thiophene rings is 1. The van der Waals surface area contributed by atoms with Crippen molar-refractivity contribution in [1.82, 2.24) is 24.6 Å². The number of rotatable bonds is 4. The molecule has 1 aliphatic rings. The number of carbonyl (C=O) groups excluding carboxylic acids is 1. The largest absolute Gasteiger partial charge is 0.333 e. The summed E-state index contributed by atoms with van der Waals surface area (Å²) in [5.74, 6) is 0.283. The molecule has 1 aromatic carbocycles. The van der Waals surface area contributed by atoms with Gasteiger partial charge in [0.2, 0.25) is 5.82 Å². The van der Waals surface area contributed by atoms with Gasteiger partial charge in [0.25, 0.3) is 5.91 Å². The summed E-state index contributed by atoms with van der Waals surface area (Å²) in [4.78, 5) is 22.5. The molecule has 0 unspecified atom stereocenters. The molecule has 3 heterocycles. The lowest BCUT2D eigenvalue weighted by Gasteiger charge is -2.33. The lowest BCUT2D eigenvalue weighted by Crippen LogP contribution is -2.48. The summed E-state index contributed by atoms with van der Waals surface area (Å²) in [7, 11) is 0. The van der Waals surface area contributed by atoms with Crippen LogP contribution in [0.2, 0.25) is 0 Å². The monoisotopic (exact) mass is 385 g/mol. The van der Waals surface area contributed by atoms with Crippen molar-refractivity contribution < 1.29 is 9.18 Å². The molecular formula is C19H20FN5OS. The third kappa shape index (κ3) is 3.63. The topological polar surface area (TPSA) is 54.3 Å². The van der Waals surface area contributed by atoms with Crippen LogP contribution >= 0.6 is 11.3 Å². The number of nitrogens with zero attached hydrogens (tertiary/aromatic N) is 5. The Morgan fingerprint density at radius 3 is 2.52 bits per heavy atom. The second-order valence-corrected chi connectivity index (χ2v) is 7.30. The van der Waals surface area contributed by atoms with Crippen LogP contribution in [0, 0.1) is 5.82 Å². The summed E-state index contributed by atoms with van der Waals surface area (Å²) in [5.41, 5.74) is 0.669. The molecule has 4 rings (SSSR count). The van der Waals surface area contributed by atoms with E-state index in [-0.39, 0.29) is 17.5 Å². The minimum absolute atomic E-state index is 0.163. The standard InChI is InChI=1S/C19H20FN5OS/c1-2-23-9-11-24(12-10-23)19(26)17-21-18(16-4-3-13-27-16)25(22-17)15-7-5-14(20)6-8-15/h3-8,13H,2,9-12H2,1H3. The van der Waals surface area contributed by atoms with Crippen LogP contribution in [0.3, 0.4) is 0 Å². The molecule has 6 nitrogen and oxygen atoms in total. The summed E-state index contributed by atoms with van der Waals surface area (Å²) in [6.45, 7) is 6.17. The maximum atomic E-state index is 13.3. The van der Waals surface area contributed by atoms with E-state index in [9.17, 15) is 9.18 Å². The fourth-order valence-corrected chi connectivity index (χ4v) is 3.84. The van der Waals surface area contributed by atoms with Crippen molar-refractivity contribution in [2.75, 3.05) is 32.7 Å². The Kier molecular flexibility index (Phi) is 5.00. The number of piperazine rings is 1. The van der Waals surface area contributed by atoms with Crippen LogP contribution in [-0.4, -0.2) is 63.2 Å². The second-order valence-electron chi connectivity index (χ2n) is 6.35. The molecule has 0 N–H and O–H groups in total. The maximum Gasteiger partial charge on any atom is 0.293 e. The summed E-state index contributed by atoms with van der Waals surface area (Å²) < 4.78 is 14.9. The number of hydrogen-bond acceptors (Lipinski definition) is 5. The SMILES string of the molecule is CCN1CCN(C(=O)c2nc(-c3cccs3)n(-c3ccc(F)cc3)n2)CC1. The molecule has 0 atom stereocenters. The van der Waals surface area contributed by atoms with E-state index in [1.807, 2.05) is 17.5 Å². The van der Waals surface area contributed by atoms with Crippen LogP contribution in [0.1, 0.15) is 17.5 Å². The minimum Gasteiger partial charge on any atom is -0.333 e. The number of hydrogen-bond donors (Lipinski definition) is 0. The van der Waals surface area contributed by atoms with E-state index >= 15 is 0 Å². The molecule has 0 saturated carbocycles. The molecule has 8 heteroatoms. The molecule has 0 radical (unpaired) electrons. The van der Waals surface area contributed by atoms with Crippen LogP contribution in [0.25, 0.3) is 16.4 Å². The summed E-state index contributed by atoms with van der Waals surface area (Å²) in [5, 5.41) is 6.41. The van der Waals surface area contributed by atoms with Crippen molar-refractivity contribution >= 4 is 17.2 Å². The van der Waals surface area contributed by atoms with Gasteiger partial charge in [0.1, 0.15) is 5.82 Å². The molecule has 140 valence electrons. The fraction of sp³-hybridized carbons (Fsp3) is 0.316. The van der Waals surface area contributed by atoms with E-state index in [0.717, 1.165) is 24.5 Å². The molecule has 2 aromatic heterocycles. The van der Waals surface area contributed by atoms with Gasteiger partial charge in [0, 0.05) is 26.2 Å². The third-order valence-corrected chi connectivity index (χ3v) is 5.58. The number of benzene rings is 1. The van der Waals surface area contributed by atoms with Crippen molar-refractivity contribution in [2.45, 2.75) is 6.92 Å². The van der Waals surface area contributed by atoms with Crippen LogP contribution in [0.5, 0.6) is 0 Å². The molecule has 0 bridgehead atoms. The van der Waals surface area contributed by atoms with Gasteiger partial charge in [0.05, 0.1) is 10.6 Å². The second kappa shape index (κ2) is 7.58. The van der Waals surface area contributed by atoms with Gasteiger partial charge < -0.3 is 9.80 Å². The van der Waals surface area contributed by atoms with Crippen molar-refractivity contribution in [2.24, 2.45) is 0 Å². The van der Waals surface area contributed by atoms with E-state index in [0.29, 0.717) is 24.6 Å². The lowest BCUT2D eigenvalue weighted by atomic mass is 10.3. The molecule has 1 aliphatic heterocycles. The Morgan fingerprint density at radius 1 is 1.15 bits per heavy atom. The molecular weight excluding hydrogens is 365 g/mol. The van der Waals surface area contributed by atoms with E-state index in [2.05, 4.69) is 21.9 Å². The number of amides is 1. The van der Waals surface area contributed by atoms with E-state index in [1.165, 1.54) is 23.5 Å². The third-order valence-electron chi connectivity index (χ3n) is 4.72. The van der Waals surface area contributed by atoms with Gasteiger partial charge in [-0.05, 0) is 42.3 Å². The van der Waals surface area contributed by atoms with Crippen molar-refractivity contribution in [3.63, 3.8) is 0 Å². The van der Waals surface area contributed by atoms with Gasteiger partial charge in [-0.25, -0.2) is 14.1 Å². The Labute approximate surface area is 160 Å². The number of likely N-dealkylation sites (N-methyl/N-ethyl adjacent to an activating group) is 1. The predicted molar refractivity (Wildman–Crippen MR) is 103 cm³/mol. The van der Waals surface area contributed by atoms with Crippen molar-refractivity contribution in [3.8, 4) is 16.4 Å². The van der Waals surface area contributed by atoms with E-state index in [1.54, 1.807) is 21.7 Å². The summed E-state index contributed by atoms with van der Waals surface area (Å²) in [6, 6.07) is 9.88. The first-order valence-electron chi connectivity index (χ1n) is 8.94. The molecule has 1 fully saturated rings. The normalized spacial score (nSPS) is 15.3. The average Bonchev–Trinajstić information content (AvgIpc) is 3.38. The van der Waals surface area contributed by atoms with E-state index < -0.39 is 0 Å².